The van der Waals surface area contributed by atoms with Crippen LogP contribution in [0.3, 0.4) is 0 Å². The Hall–Kier alpha value is -1.69. The molecule has 0 fully saturated rings. The van der Waals surface area contributed by atoms with Gasteiger partial charge in [-0.2, -0.15) is 0 Å². The Labute approximate surface area is 94.4 Å². The van der Waals surface area contributed by atoms with Crippen LogP contribution >= 0.6 is 0 Å². The molecule has 1 heterocycles. The number of likely N-dealkylation sites (N-methyl/N-ethyl adjacent to an activating group) is 1. The van der Waals surface area contributed by atoms with E-state index in [0.29, 0.717) is 5.82 Å². The summed E-state index contributed by atoms with van der Waals surface area (Å²) in [6, 6.07) is 3.00. The van der Waals surface area contributed by atoms with Gasteiger partial charge in [0.1, 0.15) is 5.82 Å². The Morgan fingerprint density at radius 3 is 2.88 bits per heavy atom. The molecule has 1 N–H and O–H groups in total. The third-order valence-corrected chi connectivity index (χ3v) is 1.99. The minimum Gasteiger partial charge on any atom is -0.366 e. The molecular formula is C10H16N4O2. The van der Waals surface area contributed by atoms with Gasteiger partial charge in [0.25, 0.3) is 5.69 Å². The Morgan fingerprint density at radius 2 is 2.31 bits per heavy atom. The first kappa shape index (κ1) is 12.4. The topological polar surface area (TPSA) is 71.3 Å². The molecule has 0 radical (unpaired) electrons. The molecule has 0 aliphatic rings. The lowest BCUT2D eigenvalue weighted by Gasteiger charge is -2.18. The van der Waals surface area contributed by atoms with Gasteiger partial charge in [-0.25, -0.2) is 4.98 Å². The number of hydrogen-bond donors (Lipinski definition) is 1. The molecule has 16 heavy (non-hydrogen) atoms. The quantitative estimate of drug-likeness (QED) is 0.604. The Morgan fingerprint density at radius 1 is 1.62 bits per heavy atom. The number of nitrogens with one attached hydrogen (secondary N) is 1. The first-order chi connectivity index (χ1) is 7.49. The van der Waals surface area contributed by atoms with E-state index in [-0.39, 0.29) is 11.7 Å². The van der Waals surface area contributed by atoms with Gasteiger partial charge in [0.05, 0.1) is 11.0 Å². The molecular weight excluding hydrogens is 208 g/mol. The fraction of sp³-hybridized carbons (Fsp3) is 0.500. The van der Waals surface area contributed by atoms with E-state index in [2.05, 4.69) is 10.3 Å². The number of hydrogen-bond acceptors (Lipinski definition) is 5. The predicted octanol–water partition coefficient (Wildman–Crippen LogP) is 1.35. The molecule has 1 unspecified atom stereocenters. The van der Waals surface area contributed by atoms with E-state index in [1.54, 1.807) is 0 Å². The van der Waals surface area contributed by atoms with E-state index >= 15 is 0 Å². The van der Waals surface area contributed by atoms with Crippen molar-refractivity contribution in [2.45, 2.75) is 13.0 Å². The minimum atomic E-state index is -0.427. The van der Waals surface area contributed by atoms with E-state index < -0.39 is 4.92 Å². The largest absolute Gasteiger partial charge is 0.366 e. The van der Waals surface area contributed by atoms with Crippen molar-refractivity contribution in [1.29, 1.82) is 0 Å². The van der Waals surface area contributed by atoms with E-state index in [1.165, 1.54) is 18.3 Å². The summed E-state index contributed by atoms with van der Waals surface area (Å²) >= 11 is 0. The van der Waals surface area contributed by atoms with Crippen molar-refractivity contribution in [3.8, 4) is 0 Å². The molecule has 1 aromatic heterocycles. The van der Waals surface area contributed by atoms with Gasteiger partial charge in [0.2, 0.25) is 0 Å². The Balaban J connectivity index is 2.66. The zero-order valence-electron chi connectivity index (χ0n) is 9.67. The molecule has 0 aliphatic heterocycles. The average molecular weight is 224 g/mol. The van der Waals surface area contributed by atoms with Crippen LogP contribution in [0.15, 0.2) is 18.3 Å². The summed E-state index contributed by atoms with van der Waals surface area (Å²) in [6.45, 7) is 2.84. The number of nitrogens with zero attached hydrogens (tertiary/aromatic N) is 3. The molecule has 0 saturated heterocycles. The molecule has 6 nitrogen and oxygen atoms in total. The number of anilines is 1. The highest BCUT2D eigenvalue weighted by atomic mass is 16.6. The summed E-state index contributed by atoms with van der Waals surface area (Å²) in [6.07, 6.45) is 1.43. The van der Waals surface area contributed by atoms with Crippen molar-refractivity contribution in [3.63, 3.8) is 0 Å². The maximum atomic E-state index is 10.6. The van der Waals surface area contributed by atoms with Crippen molar-refractivity contribution in [3.05, 3.63) is 28.4 Å². The first-order valence-corrected chi connectivity index (χ1v) is 5.00. The normalized spacial score (nSPS) is 12.5. The summed E-state index contributed by atoms with van der Waals surface area (Å²) < 4.78 is 0. The third kappa shape index (κ3) is 3.82. The summed E-state index contributed by atoms with van der Waals surface area (Å²) in [5, 5.41) is 13.7. The maximum absolute atomic E-state index is 10.6. The second-order valence-corrected chi connectivity index (χ2v) is 3.96. The van der Waals surface area contributed by atoms with Crippen molar-refractivity contribution in [1.82, 2.24) is 9.88 Å². The van der Waals surface area contributed by atoms with E-state index in [0.717, 1.165) is 6.54 Å². The SMILES string of the molecule is CC(CN(C)C)Nc1cc([N+](=O)[O-])ccn1. The van der Waals surface area contributed by atoms with Crippen LogP contribution in [0.4, 0.5) is 11.5 Å². The van der Waals surface area contributed by atoms with Gasteiger partial charge in [-0.05, 0) is 21.0 Å². The van der Waals surface area contributed by atoms with Gasteiger partial charge in [-0.3, -0.25) is 10.1 Å². The van der Waals surface area contributed by atoms with Crippen LogP contribution in [0.2, 0.25) is 0 Å². The number of rotatable bonds is 5. The minimum absolute atomic E-state index is 0.0505. The highest BCUT2D eigenvalue weighted by Gasteiger charge is 2.09. The molecule has 0 aromatic carbocycles. The van der Waals surface area contributed by atoms with Crippen LogP contribution in [0.25, 0.3) is 0 Å². The summed E-state index contributed by atoms with van der Waals surface area (Å²) in [5.41, 5.74) is 0.0505. The monoisotopic (exact) mass is 224 g/mol. The second-order valence-electron chi connectivity index (χ2n) is 3.96. The molecule has 0 bridgehead atoms. The lowest BCUT2D eigenvalue weighted by molar-refractivity contribution is -0.384. The van der Waals surface area contributed by atoms with Gasteiger partial charge in [0.15, 0.2) is 0 Å². The van der Waals surface area contributed by atoms with Crippen LogP contribution in [0.5, 0.6) is 0 Å². The fourth-order valence-electron chi connectivity index (χ4n) is 1.46. The number of aromatic nitrogens is 1. The molecule has 0 amide bonds. The summed E-state index contributed by atoms with van der Waals surface area (Å²) in [5.74, 6) is 0.531. The van der Waals surface area contributed by atoms with Crippen molar-refractivity contribution < 1.29 is 4.92 Å². The molecule has 0 saturated carbocycles. The van der Waals surface area contributed by atoms with Gasteiger partial charge in [-0.1, -0.05) is 0 Å². The van der Waals surface area contributed by atoms with Crippen molar-refractivity contribution in [2.75, 3.05) is 26.0 Å². The van der Waals surface area contributed by atoms with Crippen LogP contribution in [-0.2, 0) is 0 Å². The summed E-state index contributed by atoms with van der Waals surface area (Å²) in [4.78, 5) is 16.2. The van der Waals surface area contributed by atoms with Gasteiger partial charge in [0, 0.05) is 24.8 Å². The highest BCUT2D eigenvalue weighted by Crippen LogP contribution is 2.14. The fourth-order valence-corrected chi connectivity index (χ4v) is 1.46. The molecule has 6 heteroatoms. The smallest absolute Gasteiger partial charge is 0.274 e. The zero-order chi connectivity index (χ0) is 12.1. The predicted molar refractivity (Wildman–Crippen MR) is 62.5 cm³/mol. The van der Waals surface area contributed by atoms with Crippen LogP contribution in [0.1, 0.15) is 6.92 Å². The molecule has 0 aliphatic carbocycles. The molecule has 88 valence electrons. The molecule has 0 spiro atoms. The lowest BCUT2D eigenvalue weighted by Crippen LogP contribution is -2.29. The molecule has 1 aromatic rings. The van der Waals surface area contributed by atoms with Gasteiger partial charge in [-0.15, -0.1) is 0 Å². The van der Waals surface area contributed by atoms with E-state index in [9.17, 15) is 10.1 Å². The Bertz CT molecular complexity index is 368. The highest BCUT2D eigenvalue weighted by molar-refractivity contribution is 5.44. The standard InChI is InChI=1S/C10H16N4O2/c1-8(7-13(2)3)12-10-6-9(14(15)16)4-5-11-10/h4-6,8H,7H2,1-3H3,(H,11,12). The van der Waals surface area contributed by atoms with Crippen molar-refractivity contribution in [2.24, 2.45) is 0 Å². The van der Waals surface area contributed by atoms with Crippen LogP contribution < -0.4 is 5.32 Å². The van der Waals surface area contributed by atoms with E-state index in [4.69, 9.17) is 0 Å². The number of pyridine rings is 1. The summed E-state index contributed by atoms with van der Waals surface area (Å²) in [7, 11) is 3.94. The third-order valence-electron chi connectivity index (χ3n) is 1.99. The zero-order valence-corrected chi connectivity index (χ0v) is 9.67. The average Bonchev–Trinajstić information content (AvgIpc) is 2.16. The maximum Gasteiger partial charge on any atom is 0.274 e. The van der Waals surface area contributed by atoms with Crippen molar-refractivity contribution >= 4 is 11.5 Å². The van der Waals surface area contributed by atoms with Gasteiger partial charge >= 0.3 is 0 Å². The second kappa shape index (κ2) is 5.41. The van der Waals surface area contributed by atoms with Crippen LogP contribution in [0, 0.1) is 10.1 Å². The molecule has 1 atom stereocenters. The Kier molecular flexibility index (Phi) is 4.19. The lowest BCUT2D eigenvalue weighted by atomic mass is 10.3. The van der Waals surface area contributed by atoms with E-state index in [1.807, 2.05) is 25.9 Å². The van der Waals surface area contributed by atoms with Gasteiger partial charge < -0.3 is 10.2 Å². The molecule has 1 rings (SSSR count). The first-order valence-electron chi connectivity index (χ1n) is 5.00. The number of nitro groups is 1. The van der Waals surface area contributed by atoms with Crippen LogP contribution in [-0.4, -0.2) is 41.5 Å².